The molecule has 0 aliphatic carbocycles. The summed E-state index contributed by atoms with van der Waals surface area (Å²) in [6.45, 7) is 11.1. The highest BCUT2D eigenvalue weighted by atomic mass is 79.9. The molecule has 0 saturated heterocycles. The minimum absolute atomic E-state index is 0. The third-order valence-corrected chi connectivity index (χ3v) is 4.15. The Kier molecular flexibility index (Phi) is 17.0. The van der Waals surface area contributed by atoms with Crippen molar-refractivity contribution in [3.05, 3.63) is 0 Å². The molecule has 118 valence electrons. The molecule has 0 unspecified atom stereocenters. The average Bonchev–Trinajstić information content (AvgIpc) is 2.38. The van der Waals surface area contributed by atoms with E-state index in [1.807, 2.05) is 0 Å². The fourth-order valence-electron chi connectivity index (χ4n) is 2.69. The van der Waals surface area contributed by atoms with E-state index in [1.165, 1.54) is 88.3 Å². The maximum absolute atomic E-state index is 2.48. The normalized spacial score (nSPS) is 11.4. The van der Waals surface area contributed by atoms with Crippen molar-refractivity contribution in [1.29, 1.82) is 0 Å². The number of quaternary nitrogens is 1. The Labute approximate surface area is 133 Å². The van der Waals surface area contributed by atoms with Crippen LogP contribution in [0.1, 0.15) is 85.0 Å². The molecule has 0 saturated carbocycles. The van der Waals surface area contributed by atoms with Gasteiger partial charge in [-0.1, -0.05) is 59.3 Å². The van der Waals surface area contributed by atoms with E-state index in [0.717, 1.165) is 0 Å². The Balaban J connectivity index is 0. The van der Waals surface area contributed by atoms with Gasteiger partial charge in [-0.05, 0) is 25.7 Å². The van der Waals surface area contributed by atoms with Gasteiger partial charge in [-0.15, -0.1) is 0 Å². The van der Waals surface area contributed by atoms with E-state index in [1.54, 1.807) is 0 Å². The highest BCUT2D eigenvalue weighted by molar-refractivity contribution is 4.47. The minimum Gasteiger partial charge on any atom is -1.00 e. The number of hydrogen-bond donors (Lipinski definition) is 0. The maximum atomic E-state index is 2.48. The monoisotopic (exact) mass is 335 g/mol. The van der Waals surface area contributed by atoms with Gasteiger partial charge >= 0.3 is 0 Å². The first-order valence-corrected chi connectivity index (χ1v) is 8.52. The second kappa shape index (κ2) is 14.8. The van der Waals surface area contributed by atoms with E-state index in [2.05, 4.69) is 27.8 Å². The zero-order valence-electron chi connectivity index (χ0n) is 14.0. The molecule has 19 heavy (non-hydrogen) atoms. The number of halogens is 1. The van der Waals surface area contributed by atoms with E-state index in [4.69, 9.17) is 0 Å². The summed E-state index contributed by atoms with van der Waals surface area (Å²) in [5.41, 5.74) is 0. The Morgan fingerprint density at radius 2 is 0.895 bits per heavy atom. The van der Waals surface area contributed by atoms with Crippen LogP contribution in [0, 0.1) is 0 Å². The Bertz CT molecular complexity index is 163. The minimum atomic E-state index is 0. The summed E-state index contributed by atoms with van der Waals surface area (Å²) < 4.78 is 1.33. The quantitative estimate of drug-likeness (QED) is 0.358. The average molecular weight is 336 g/mol. The summed E-state index contributed by atoms with van der Waals surface area (Å²) in [7, 11) is 2.48. The molecule has 0 heterocycles. The number of unbranched alkanes of at least 4 members (excludes halogenated alkanes) is 7. The van der Waals surface area contributed by atoms with E-state index in [9.17, 15) is 0 Å². The molecule has 0 N–H and O–H groups in total. The Morgan fingerprint density at radius 3 is 1.37 bits per heavy atom. The standard InChI is InChI=1S/C17H38N.BrH/c1-5-8-11-12-13-14-17-18(4,15-9-6-2)16-10-7-3;/h5-17H2,1-4H3;1H/q+1;/p-1. The predicted octanol–water partition coefficient (Wildman–Crippen LogP) is 2.40. The van der Waals surface area contributed by atoms with Crippen LogP contribution in [0.3, 0.4) is 0 Å². The van der Waals surface area contributed by atoms with Crippen molar-refractivity contribution in [3.63, 3.8) is 0 Å². The molecule has 0 fully saturated rings. The topological polar surface area (TPSA) is 0 Å². The van der Waals surface area contributed by atoms with E-state index in [-0.39, 0.29) is 17.0 Å². The first kappa shape index (κ1) is 21.7. The van der Waals surface area contributed by atoms with Gasteiger partial charge in [-0.3, -0.25) is 0 Å². The zero-order chi connectivity index (χ0) is 13.7. The van der Waals surface area contributed by atoms with Crippen molar-refractivity contribution >= 4 is 0 Å². The van der Waals surface area contributed by atoms with Gasteiger partial charge in [0.05, 0.1) is 26.7 Å². The fourth-order valence-corrected chi connectivity index (χ4v) is 2.69. The van der Waals surface area contributed by atoms with Crippen molar-refractivity contribution < 1.29 is 21.5 Å². The van der Waals surface area contributed by atoms with Gasteiger partial charge in [0.25, 0.3) is 0 Å². The van der Waals surface area contributed by atoms with Gasteiger partial charge in [-0.25, -0.2) is 0 Å². The van der Waals surface area contributed by atoms with Crippen LogP contribution in [0.5, 0.6) is 0 Å². The molecule has 0 aliphatic heterocycles. The molecule has 2 heteroatoms. The van der Waals surface area contributed by atoms with Crippen LogP contribution in [-0.2, 0) is 0 Å². The van der Waals surface area contributed by atoms with Crippen molar-refractivity contribution in [2.24, 2.45) is 0 Å². The summed E-state index contributed by atoms with van der Waals surface area (Å²) in [6.07, 6.45) is 14.1. The van der Waals surface area contributed by atoms with Crippen LogP contribution >= 0.6 is 0 Å². The fraction of sp³-hybridized carbons (Fsp3) is 1.00. The Hall–Kier alpha value is 0.440. The van der Waals surface area contributed by atoms with Crippen LogP contribution in [0.15, 0.2) is 0 Å². The van der Waals surface area contributed by atoms with Gasteiger partial charge in [-0.2, -0.15) is 0 Å². The van der Waals surface area contributed by atoms with E-state index >= 15 is 0 Å². The highest BCUT2D eigenvalue weighted by Gasteiger charge is 2.19. The smallest absolute Gasteiger partial charge is 0.0784 e. The number of hydrogen-bond acceptors (Lipinski definition) is 0. The lowest BCUT2D eigenvalue weighted by molar-refractivity contribution is -0.910. The van der Waals surface area contributed by atoms with Crippen molar-refractivity contribution in [1.82, 2.24) is 0 Å². The third-order valence-electron chi connectivity index (χ3n) is 4.15. The molecule has 0 aromatic carbocycles. The van der Waals surface area contributed by atoms with Crippen LogP contribution in [0.2, 0.25) is 0 Å². The molecular weight excluding hydrogens is 298 g/mol. The summed E-state index contributed by atoms with van der Waals surface area (Å²) in [5.74, 6) is 0. The largest absolute Gasteiger partial charge is 1.00 e. The molecule has 0 aromatic heterocycles. The molecule has 0 rings (SSSR count). The van der Waals surface area contributed by atoms with Gasteiger partial charge in [0, 0.05) is 0 Å². The van der Waals surface area contributed by atoms with Crippen LogP contribution in [0.4, 0.5) is 0 Å². The first-order chi connectivity index (χ1) is 8.68. The second-order valence-electron chi connectivity index (χ2n) is 6.27. The molecule has 1 nitrogen and oxygen atoms in total. The molecule has 0 spiro atoms. The van der Waals surface area contributed by atoms with Crippen molar-refractivity contribution in [3.8, 4) is 0 Å². The summed E-state index contributed by atoms with van der Waals surface area (Å²) >= 11 is 0. The molecule has 0 aliphatic rings. The molecule has 0 amide bonds. The lowest BCUT2D eigenvalue weighted by atomic mass is 10.1. The number of rotatable bonds is 13. The zero-order valence-corrected chi connectivity index (χ0v) is 15.6. The molecule has 0 bridgehead atoms. The highest BCUT2D eigenvalue weighted by Crippen LogP contribution is 2.13. The third kappa shape index (κ3) is 13.2. The van der Waals surface area contributed by atoms with Crippen LogP contribution < -0.4 is 17.0 Å². The summed E-state index contributed by atoms with van der Waals surface area (Å²) in [5, 5.41) is 0. The maximum Gasteiger partial charge on any atom is 0.0784 e. The van der Waals surface area contributed by atoms with Crippen molar-refractivity contribution in [2.45, 2.75) is 85.0 Å². The predicted molar refractivity (Wildman–Crippen MR) is 84.0 cm³/mol. The van der Waals surface area contributed by atoms with Crippen LogP contribution in [0.25, 0.3) is 0 Å². The molecule has 0 radical (unpaired) electrons. The molecule has 0 aromatic rings. The second-order valence-corrected chi connectivity index (χ2v) is 6.27. The van der Waals surface area contributed by atoms with E-state index in [0.29, 0.717) is 0 Å². The van der Waals surface area contributed by atoms with Gasteiger partial charge in [0.2, 0.25) is 0 Å². The van der Waals surface area contributed by atoms with Gasteiger partial charge in [0.15, 0.2) is 0 Å². The number of nitrogens with zero attached hydrogens (tertiary/aromatic N) is 1. The SMILES string of the molecule is CCCCCCCC[N+](C)(CCCC)CCCC.[Br-]. The lowest BCUT2D eigenvalue weighted by Gasteiger charge is -2.35. The van der Waals surface area contributed by atoms with Crippen molar-refractivity contribution in [2.75, 3.05) is 26.7 Å². The van der Waals surface area contributed by atoms with Gasteiger partial charge < -0.3 is 21.5 Å². The summed E-state index contributed by atoms with van der Waals surface area (Å²) in [4.78, 5) is 0. The molecular formula is C17H38BrN. The van der Waals surface area contributed by atoms with Gasteiger partial charge in [0.1, 0.15) is 0 Å². The van der Waals surface area contributed by atoms with Crippen LogP contribution in [-0.4, -0.2) is 31.2 Å². The lowest BCUT2D eigenvalue weighted by Crippen LogP contribution is -3.00. The first-order valence-electron chi connectivity index (χ1n) is 8.52. The van der Waals surface area contributed by atoms with E-state index < -0.39 is 0 Å². The summed E-state index contributed by atoms with van der Waals surface area (Å²) in [6, 6.07) is 0. The molecule has 0 atom stereocenters. The Morgan fingerprint density at radius 1 is 0.526 bits per heavy atom.